The molecule has 134 valence electrons. The van der Waals surface area contributed by atoms with Crippen LogP contribution >= 0.6 is 0 Å². The van der Waals surface area contributed by atoms with Crippen molar-refractivity contribution in [2.75, 3.05) is 20.8 Å². The number of nitrogens with zero attached hydrogens (tertiary/aromatic N) is 1. The van der Waals surface area contributed by atoms with E-state index in [9.17, 15) is 4.79 Å². The summed E-state index contributed by atoms with van der Waals surface area (Å²) in [6.45, 7) is 2.53. The Morgan fingerprint density at radius 1 is 1.04 bits per heavy atom. The van der Waals surface area contributed by atoms with Crippen molar-refractivity contribution < 1.29 is 23.7 Å². The van der Waals surface area contributed by atoms with Gasteiger partial charge in [0.05, 0.1) is 20.8 Å². The lowest BCUT2D eigenvalue weighted by atomic mass is 10.2. The summed E-state index contributed by atoms with van der Waals surface area (Å²) < 4.78 is 21.2. The molecule has 0 saturated carbocycles. The zero-order valence-corrected chi connectivity index (χ0v) is 14.8. The number of esters is 1. The van der Waals surface area contributed by atoms with Crippen molar-refractivity contribution in [3.05, 3.63) is 59.3 Å². The molecule has 2 aromatic rings. The molecule has 0 atom stereocenters. The van der Waals surface area contributed by atoms with Gasteiger partial charge >= 0.3 is 5.97 Å². The van der Waals surface area contributed by atoms with E-state index < -0.39 is 5.97 Å². The van der Waals surface area contributed by atoms with E-state index in [1.165, 1.54) is 0 Å². The fourth-order valence-electron chi connectivity index (χ4n) is 2.49. The van der Waals surface area contributed by atoms with E-state index >= 15 is 0 Å². The minimum absolute atomic E-state index is 0.230. The third kappa shape index (κ3) is 3.69. The largest absolute Gasteiger partial charge is 0.494 e. The minimum atomic E-state index is -0.497. The molecule has 1 heterocycles. The lowest BCUT2D eigenvalue weighted by Crippen LogP contribution is -2.05. The topological polar surface area (TPSA) is 66.3 Å². The summed E-state index contributed by atoms with van der Waals surface area (Å²) in [6, 6.07) is 12.6. The maximum atomic E-state index is 12.1. The van der Waals surface area contributed by atoms with Gasteiger partial charge in [-0.25, -0.2) is 9.79 Å². The van der Waals surface area contributed by atoms with Crippen LogP contribution in [0.2, 0.25) is 0 Å². The highest BCUT2D eigenvalue weighted by Gasteiger charge is 2.25. The quantitative estimate of drug-likeness (QED) is 0.588. The van der Waals surface area contributed by atoms with Gasteiger partial charge in [0.25, 0.3) is 0 Å². The minimum Gasteiger partial charge on any atom is -0.494 e. The van der Waals surface area contributed by atoms with Gasteiger partial charge in [-0.15, -0.1) is 0 Å². The standard InChI is InChI=1S/C20H19NO5/c1-4-25-15-8-5-13(6-9-15)11-16-20(22)26-19(21-16)14-7-10-17(23-2)18(12-14)24-3/h5-12H,4H2,1-3H3/b16-11+. The first-order valence-corrected chi connectivity index (χ1v) is 8.12. The Hall–Kier alpha value is -3.28. The normalized spacial score (nSPS) is 14.8. The number of ether oxygens (including phenoxy) is 4. The number of methoxy groups -OCH3 is 2. The van der Waals surface area contributed by atoms with E-state index in [0.29, 0.717) is 23.7 Å². The predicted molar refractivity (Wildman–Crippen MR) is 97.8 cm³/mol. The Labute approximate surface area is 151 Å². The molecule has 0 spiro atoms. The van der Waals surface area contributed by atoms with E-state index in [1.807, 2.05) is 31.2 Å². The lowest BCUT2D eigenvalue weighted by molar-refractivity contribution is -0.129. The van der Waals surface area contributed by atoms with E-state index in [-0.39, 0.29) is 11.6 Å². The zero-order valence-electron chi connectivity index (χ0n) is 14.8. The van der Waals surface area contributed by atoms with E-state index in [2.05, 4.69) is 4.99 Å². The molecule has 0 aromatic heterocycles. The number of benzene rings is 2. The fraction of sp³-hybridized carbons (Fsp3) is 0.200. The first-order valence-electron chi connectivity index (χ1n) is 8.12. The van der Waals surface area contributed by atoms with Crippen LogP contribution in [0, 0.1) is 0 Å². The van der Waals surface area contributed by atoms with Gasteiger partial charge in [-0.3, -0.25) is 0 Å². The first-order chi connectivity index (χ1) is 12.6. The molecule has 0 fully saturated rings. The summed E-state index contributed by atoms with van der Waals surface area (Å²) >= 11 is 0. The number of carbonyl (C=O) groups excluding carboxylic acids is 1. The Morgan fingerprint density at radius 2 is 1.77 bits per heavy atom. The maximum absolute atomic E-state index is 12.1. The second-order valence-electron chi connectivity index (χ2n) is 5.41. The Balaban J connectivity index is 1.86. The molecule has 2 aromatic carbocycles. The fourth-order valence-corrected chi connectivity index (χ4v) is 2.49. The highest BCUT2D eigenvalue weighted by atomic mass is 16.6. The van der Waals surface area contributed by atoms with Gasteiger partial charge in [0.15, 0.2) is 17.2 Å². The van der Waals surface area contributed by atoms with Crippen LogP contribution in [0.15, 0.2) is 53.2 Å². The van der Waals surface area contributed by atoms with Crippen molar-refractivity contribution in [3.63, 3.8) is 0 Å². The van der Waals surface area contributed by atoms with Crippen molar-refractivity contribution in [2.45, 2.75) is 6.92 Å². The Bertz CT molecular complexity index is 868. The van der Waals surface area contributed by atoms with Crippen molar-refractivity contribution >= 4 is 17.9 Å². The van der Waals surface area contributed by atoms with Crippen LogP contribution in [0.3, 0.4) is 0 Å². The van der Waals surface area contributed by atoms with Crippen LogP contribution < -0.4 is 14.2 Å². The summed E-state index contributed by atoms with van der Waals surface area (Å²) in [6.07, 6.45) is 1.67. The van der Waals surface area contributed by atoms with Crippen LogP contribution in [0.1, 0.15) is 18.1 Å². The summed E-state index contributed by atoms with van der Waals surface area (Å²) in [5.74, 6) is 1.63. The summed E-state index contributed by atoms with van der Waals surface area (Å²) in [5.41, 5.74) is 1.70. The van der Waals surface area contributed by atoms with Gasteiger partial charge in [-0.2, -0.15) is 0 Å². The molecule has 3 rings (SSSR count). The number of aliphatic imine (C=N–C) groups is 1. The molecular formula is C20H19NO5. The van der Waals surface area contributed by atoms with Gasteiger partial charge < -0.3 is 18.9 Å². The average Bonchev–Trinajstić information content (AvgIpc) is 3.03. The highest BCUT2D eigenvalue weighted by Crippen LogP contribution is 2.29. The number of rotatable bonds is 6. The molecule has 0 N–H and O–H groups in total. The SMILES string of the molecule is CCOc1ccc(/C=C2/N=C(c3ccc(OC)c(OC)c3)OC2=O)cc1. The number of cyclic esters (lactones) is 1. The summed E-state index contributed by atoms with van der Waals surface area (Å²) in [5, 5.41) is 0. The Kier molecular flexibility index (Phi) is 5.22. The molecule has 1 aliphatic rings. The predicted octanol–water partition coefficient (Wildman–Crippen LogP) is 3.45. The van der Waals surface area contributed by atoms with E-state index in [4.69, 9.17) is 18.9 Å². The summed E-state index contributed by atoms with van der Waals surface area (Å²) in [4.78, 5) is 16.4. The van der Waals surface area contributed by atoms with Crippen molar-refractivity contribution in [2.24, 2.45) is 4.99 Å². The highest BCUT2D eigenvalue weighted by molar-refractivity contribution is 6.13. The first kappa shape index (κ1) is 17.5. The third-order valence-corrected chi connectivity index (χ3v) is 3.75. The van der Waals surface area contributed by atoms with Crippen molar-refractivity contribution in [1.29, 1.82) is 0 Å². The lowest BCUT2D eigenvalue weighted by Gasteiger charge is -2.08. The molecule has 0 bridgehead atoms. The molecule has 0 saturated heterocycles. The maximum Gasteiger partial charge on any atom is 0.363 e. The van der Waals surface area contributed by atoms with Crippen LogP contribution in [-0.2, 0) is 9.53 Å². The molecule has 1 aliphatic heterocycles. The molecule has 6 nitrogen and oxygen atoms in total. The second kappa shape index (κ2) is 7.74. The van der Waals surface area contributed by atoms with Crippen molar-refractivity contribution in [3.8, 4) is 17.2 Å². The van der Waals surface area contributed by atoms with E-state index in [1.54, 1.807) is 38.5 Å². The van der Waals surface area contributed by atoms with Crippen molar-refractivity contribution in [1.82, 2.24) is 0 Å². The van der Waals surface area contributed by atoms with Crippen LogP contribution in [0.25, 0.3) is 6.08 Å². The van der Waals surface area contributed by atoms with Gasteiger partial charge in [-0.05, 0) is 48.9 Å². The van der Waals surface area contributed by atoms with Gasteiger partial charge in [0, 0.05) is 5.56 Å². The molecule has 0 amide bonds. The van der Waals surface area contributed by atoms with Gasteiger partial charge in [-0.1, -0.05) is 12.1 Å². The summed E-state index contributed by atoms with van der Waals surface area (Å²) in [7, 11) is 3.10. The van der Waals surface area contributed by atoms with Gasteiger partial charge in [0.2, 0.25) is 5.90 Å². The number of hydrogen-bond acceptors (Lipinski definition) is 6. The van der Waals surface area contributed by atoms with Crippen LogP contribution in [0.4, 0.5) is 0 Å². The molecule has 0 unspecified atom stereocenters. The van der Waals surface area contributed by atoms with Crippen LogP contribution in [0.5, 0.6) is 17.2 Å². The smallest absolute Gasteiger partial charge is 0.363 e. The zero-order chi connectivity index (χ0) is 18.5. The molecule has 0 radical (unpaired) electrons. The van der Waals surface area contributed by atoms with Crippen LogP contribution in [-0.4, -0.2) is 32.7 Å². The second-order valence-corrected chi connectivity index (χ2v) is 5.41. The number of carbonyl (C=O) groups is 1. The third-order valence-electron chi connectivity index (χ3n) is 3.75. The molecular weight excluding hydrogens is 334 g/mol. The monoisotopic (exact) mass is 353 g/mol. The average molecular weight is 353 g/mol. The number of hydrogen-bond donors (Lipinski definition) is 0. The molecule has 6 heteroatoms. The van der Waals surface area contributed by atoms with Gasteiger partial charge in [0.1, 0.15) is 5.75 Å². The molecule has 0 aliphatic carbocycles. The van der Waals surface area contributed by atoms with E-state index in [0.717, 1.165) is 11.3 Å². The Morgan fingerprint density at radius 3 is 2.42 bits per heavy atom. The molecule has 26 heavy (non-hydrogen) atoms.